The summed E-state index contributed by atoms with van der Waals surface area (Å²) >= 11 is 0. The first kappa shape index (κ1) is 16.0. The summed E-state index contributed by atoms with van der Waals surface area (Å²) in [5.41, 5.74) is 0.0821. The predicted octanol–water partition coefficient (Wildman–Crippen LogP) is 2.60. The zero-order chi connectivity index (χ0) is 16.2. The SMILES string of the molecule is O=C(NCc1ccco1)Nc1cccc(S(=O)(=O)C(F)F)c1. The number of amides is 2. The monoisotopic (exact) mass is 330 g/mol. The maximum Gasteiger partial charge on any atom is 0.341 e. The van der Waals surface area contributed by atoms with Crippen LogP contribution in [-0.2, 0) is 16.4 Å². The minimum atomic E-state index is -4.70. The number of hydrogen-bond acceptors (Lipinski definition) is 4. The minimum Gasteiger partial charge on any atom is -0.467 e. The summed E-state index contributed by atoms with van der Waals surface area (Å²) in [4.78, 5) is 11.1. The standard InChI is InChI=1S/C13H12F2N2O4S/c14-12(15)22(19,20)11-5-1-3-9(7-11)17-13(18)16-8-10-4-2-6-21-10/h1-7,12H,8H2,(H2,16,17,18). The molecule has 1 heterocycles. The summed E-state index contributed by atoms with van der Waals surface area (Å²) in [5.74, 6) is -2.99. The highest BCUT2D eigenvalue weighted by atomic mass is 32.2. The highest BCUT2D eigenvalue weighted by Gasteiger charge is 2.26. The second-order valence-corrected chi connectivity index (χ2v) is 6.14. The number of sulfone groups is 1. The molecule has 2 rings (SSSR count). The van der Waals surface area contributed by atoms with Crippen LogP contribution in [-0.4, -0.2) is 20.2 Å². The molecule has 0 atom stereocenters. The van der Waals surface area contributed by atoms with Crippen LogP contribution in [0.2, 0.25) is 0 Å². The molecular formula is C13H12F2N2O4S. The number of carbonyl (C=O) groups is 1. The summed E-state index contributed by atoms with van der Waals surface area (Å²) < 4.78 is 52.7. The first-order valence-corrected chi connectivity index (χ1v) is 7.63. The number of furan rings is 1. The lowest BCUT2D eigenvalue weighted by Gasteiger charge is -2.08. The van der Waals surface area contributed by atoms with Crippen molar-refractivity contribution in [3.05, 3.63) is 48.4 Å². The van der Waals surface area contributed by atoms with Crippen molar-refractivity contribution in [3.8, 4) is 0 Å². The topological polar surface area (TPSA) is 88.4 Å². The van der Waals surface area contributed by atoms with E-state index in [0.29, 0.717) is 5.76 Å². The van der Waals surface area contributed by atoms with Gasteiger partial charge in [-0.2, -0.15) is 8.78 Å². The molecular weight excluding hydrogens is 318 g/mol. The Morgan fingerprint density at radius 3 is 2.64 bits per heavy atom. The van der Waals surface area contributed by atoms with Crippen LogP contribution in [0.1, 0.15) is 5.76 Å². The van der Waals surface area contributed by atoms with Gasteiger partial charge >= 0.3 is 11.8 Å². The summed E-state index contributed by atoms with van der Waals surface area (Å²) in [6, 6.07) is 7.35. The van der Waals surface area contributed by atoms with Crippen LogP contribution in [0.25, 0.3) is 0 Å². The highest BCUT2D eigenvalue weighted by Crippen LogP contribution is 2.21. The molecule has 0 fully saturated rings. The Labute approximate surface area is 125 Å². The fraction of sp³-hybridized carbons (Fsp3) is 0.154. The molecule has 2 amide bonds. The molecule has 0 unspecified atom stereocenters. The molecule has 0 saturated heterocycles. The third-order valence-corrected chi connectivity index (χ3v) is 4.04. The van der Waals surface area contributed by atoms with Gasteiger partial charge in [-0.25, -0.2) is 13.2 Å². The number of urea groups is 1. The van der Waals surface area contributed by atoms with E-state index in [9.17, 15) is 22.0 Å². The van der Waals surface area contributed by atoms with Crippen molar-refractivity contribution in [1.29, 1.82) is 0 Å². The quantitative estimate of drug-likeness (QED) is 0.882. The van der Waals surface area contributed by atoms with Crippen LogP contribution in [0, 0.1) is 0 Å². The lowest BCUT2D eigenvalue weighted by molar-refractivity contribution is 0.235. The van der Waals surface area contributed by atoms with E-state index >= 15 is 0 Å². The lowest BCUT2D eigenvalue weighted by atomic mass is 10.3. The normalized spacial score (nSPS) is 11.4. The number of benzene rings is 1. The molecule has 2 N–H and O–H groups in total. The van der Waals surface area contributed by atoms with Gasteiger partial charge < -0.3 is 15.1 Å². The van der Waals surface area contributed by atoms with Crippen molar-refractivity contribution in [2.24, 2.45) is 0 Å². The Hall–Kier alpha value is -2.42. The Bertz CT molecular complexity index is 745. The van der Waals surface area contributed by atoms with Crippen molar-refractivity contribution < 1.29 is 26.4 Å². The molecule has 6 nitrogen and oxygen atoms in total. The predicted molar refractivity (Wildman–Crippen MR) is 74.2 cm³/mol. The second-order valence-electron chi connectivity index (χ2n) is 4.22. The minimum absolute atomic E-state index is 0.0821. The second kappa shape index (κ2) is 6.56. The van der Waals surface area contributed by atoms with E-state index in [0.717, 1.165) is 12.1 Å². The molecule has 9 heteroatoms. The molecule has 0 radical (unpaired) electrons. The molecule has 0 aliphatic rings. The van der Waals surface area contributed by atoms with E-state index in [1.54, 1.807) is 12.1 Å². The molecule has 0 aliphatic carbocycles. The number of hydrogen-bond donors (Lipinski definition) is 2. The molecule has 22 heavy (non-hydrogen) atoms. The maximum absolute atomic E-state index is 12.5. The van der Waals surface area contributed by atoms with Gasteiger partial charge in [-0.1, -0.05) is 6.07 Å². The third kappa shape index (κ3) is 3.82. The van der Waals surface area contributed by atoms with Crippen molar-refractivity contribution in [2.45, 2.75) is 17.2 Å². The fourth-order valence-corrected chi connectivity index (χ4v) is 2.37. The zero-order valence-electron chi connectivity index (χ0n) is 11.1. The van der Waals surface area contributed by atoms with E-state index < -0.39 is 26.5 Å². The Morgan fingerprint density at radius 1 is 1.23 bits per heavy atom. The van der Waals surface area contributed by atoms with E-state index in [1.165, 1.54) is 18.4 Å². The highest BCUT2D eigenvalue weighted by molar-refractivity contribution is 7.91. The Morgan fingerprint density at radius 2 is 2.00 bits per heavy atom. The van der Waals surface area contributed by atoms with Crippen LogP contribution in [0.15, 0.2) is 52.0 Å². The molecule has 0 aliphatic heterocycles. The average Bonchev–Trinajstić information content (AvgIpc) is 2.98. The first-order valence-electron chi connectivity index (χ1n) is 6.09. The Balaban J connectivity index is 2.02. The average molecular weight is 330 g/mol. The number of anilines is 1. The van der Waals surface area contributed by atoms with Gasteiger partial charge in [0.2, 0.25) is 9.84 Å². The van der Waals surface area contributed by atoms with Gasteiger partial charge in [-0.05, 0) is 30.3 Å². The first-order chi connectivity index (χ1) is 10.4. The zero-order valence-corrected chi connectivity index (χ0v) is 11.9. The van der Waals surface area contributed by atoms with E-state index in [1.807, 2.05) is 0 Å². The van der Waals surface area contributed by atoms with Gasteiger partial charge in [0.05, 0.1) is 17.7 Å². The molecule has 118 valence electrons. The number of nitrogens with one attached hydrogen (secondary N) is 2. The van der Waals surface area contributed by atoms with Gasteiger partial charge in [0.1, 0.15) is 5.76 Å². The smallest absolute Gasteiger partial charge is 0.341 e. The van der Waals surface area contributed by atoms with Gasteiger partial charge in [-0.3, -0.25) is 0 Å². The van der Waals surface area contributed by atoms with Gasteiger partial charge in [0.25, 0.3) is 0 Å². The molecule has 0 bridgehead atoms. The summed E-state index contributed by atoms with van der Waals surface area (Å²) in [6.07, 6.45) is 1.45. The molecule has 0 spiro atoms. The molecule has 2 aromatic rings. The number of rotatable bonds is 5. The van der Waals surface area contributed by atoms with Crippen LogP contribution in [0.4, 0.5) is 19.3 Å². The molecule has 0 saturated carbocycles. The number of carbonyl (C=O) groups excluding carboxylic acids is 1. The van der Waals surface area contributed by atoms with Gasteiger partial charge in [0, 0.05) is 5.69 Å². The van der Waals surface area contributed by atoms with Gasteiger partial charge in [-0.15, -0.1) is 0 Å². The maximum atomic E-state index is 12.5. The van der Waals surface area contributed by atoms with E-state index in [-0.39, 0.29) is 12.2 Å². The number of alkyl halides is 2. The van der Waals surface area contributed by atoms with Crippen molar-refractivity contribution in [1.82, 2.24) is 5.32 Å². The lowest BCUT2D eigenvalue weighted by Crippen LogP contribution is -2.28. The van der Waals surface area contributed by atoms with E-state index in [4.69, 9.17) is 4.42 Å². The van der Waals surface area contributed by atoms with Crippen molar-refractivity contribution >= 4 is 21.6 Å². The summed E-state index contributed by atoms with van der Waals surface area (Å²) in [5, 5.41) is 4.83. The molecule has 1 aromatic carbocycles. The summed E-state index contributed by atoms with van der Waals surface area (Å²) in [7, 11) is -4.70. The van der Waals surface area contributed by atoms with E-state index in [2.05, 4.69) is 10.6 Å². The third-order valence-electron chi connectivity index (χ3n) is 2.66. The Kier molecular flexibility index (Phi) is 4.76. The van der Waals surface area contributed by atoms with Crippen LogP contribution >= 0.6 is 0 Å². The van der Waals surface area contributed by atoms with Crippen LogP contribution in [0.3, 0.4) is 0 Å². The fourth-order valence-electron chi connectivity index (χ4n) is 1.61. The molecule has 1 aromatic heterocycles. The number of halogens is 2. The van der Waals surface area contributed by atoms with Crippen molar-refractivity contribution in [3.63, 3.8) is 0 Å². The largest absolute Gasteiger partial charge is 0.467 e. The van der Waals surface area contributed by atoms with Crippen molar-refractivity contribution in [2.75, 3.05) is 5.32 Å². The van der Waals surface area contributed by atoms with Crippen LogP contribution in [0.5, 0.6) is 0 Å². The van der Waals surface area contributed by atoms with Gasteiger partial charge in [0.15, 0.2) is 0 Å². The summed E-state index contributed by atoms with van der Waals surface area (Å²) in [6.45, 7) is 0.133. The van der Waals surface area contributed by atoms with Crippen LogP contribution < -0.4 is 10.6 Å².